The molecule has 4 aromatic rings. The Morgan fingerprint density at radius 3 is 2.15 bits per heavy atom. The lowest BCUT2D eigenvalue weighted by molar-refractivity contribution is -0.131. The molecule has 9 heteroatoms. The molecule has 0 aliphatic heterocycles. The van der Waals surface area contributed by atoms with Crippen molar-refractivity contribution in [3.63, 3.8) is 0 Å². The second-order valence-electron chi connectivity index (χ2n) is 7.59. The zero-order valence-corrected chi connectivity index (χ0v) is 18.3. The minimum absolute atomic E-state index is 0.154. The van der Waals surface area contributed by atoms with Crippen molar-refractivity contribution in [2.45, 2.75) is 26.6 Å². The van der Waals surface area contributed by atoms with Gasteiger partial charge >= 0.3 is 17.6 Å². The molecule has 0 saturated carbocycles. The summed E-state index contributed by atoms with van der Waals surface area (Å²) in [5.74, 6) is -1.70. The Kier molecular flexibility index (Phi) is 6.74. The lowest BCUT2D eigenvalue weighted by atomic mass is 10.1. The molecule has 0 unspecified atom stereocenters. The van der Waals surface area contributed by atoms with Gasteiger partial charge in [0, 0.05) is 44.3 Å². The second kappa shape index (κ2) is 10.1. The smallest absolute Gasteiger partial charge is 0.351 e. The van der Waals surface area contributed by atoms with E-state index in [1.165, 1.54) is 13.0 Å². The fourth-order valence-electron chi connectivity index (χ4n) is 3.61. The molecule has 3 heterocycles. The van der Waals surface area contributed by atoms with E-state index >= 15 is 0 Å². The predicted octanol–water partition coefficient (Wildman–Crippen LogP) is 3.41. The summed E-state index contributed by atoms with van der Waals surface area (Å²) < 4.78 is 10.8. The van der Waals surface area contributed by atoms with Crippen molar-refractivity contribution in [2.24, 2.45) is 0 Å². The van der Waals surface area contributed by atoms with Gasteiger partial charge in [-0.2, -0.15) is 0 Å². The Morgan fingerprint density at radius 2 is 1.62 bits per heavy atom. The van der Waals surface area contributed by atoms with Crippen LogP contribution in [0.2, 0.25) is 0 Å². The van der Waals surface area contributed by atoms with E-state index in [-0.39, 0.29) is 17.9 Å². The molecule has 3 aromatic heterocycles. The van der Waals surface area contributed by atoms with Gasteiger partial charge in [0.25, 0.3) is 0 Å². The summed E-state index contributed by atoms with van der Waals surface area (Å²) in [6.07, 6.45) is 3.39. The first-order valence-electron chi connectivity index (χ1n) is 10.4. The molecule has 0 saturated heterocycles. The van der Waals surface area contributed by atoms with E-state index < -0.39 is 23.1 Å². The van der Waals surface area contributed by atoms with Crippen LogP contribution in [-0.2, 0) is 24.4 Å². The molecule has 1 aromatic carbocycles. The maximum absolute atomic E-state index is 12.3. The van der Waals surface area contributed by atoms with Gasteiger partial charge in [-0.05, 0) is 42.5 Å². The van der Waals surface area contributed by atoms with Crippen molar-refractivity contribution >= 4 is 22.9 Å². The van der Waals surface area contributed by atoms with E-state index in [4.69, 9.17) is 9.15 Å². The third-order valence-corrected chi connectivity index (χ3v) is 5.05. The molecule has 0 amide bonds. The van der Waals surface area contributed by atoms with Gasteiger partial charge in [0.15, 0.2) is 0 Å². The maximum Gasteiger partial charge on any atom is 0.351 e. The first-order chi connectivity index (χ1) is 16.4. The minimum atomic E-state index is -1.38. The number of carboxylic acid groups (broad SMARTS) is 1. The van der Waals surface area contributed by atoms with Crippen LogP contribution in [0.4, 0.5) is 0 Å². The number of aromatic carboxylic acids is 1. The molecule has 34 heavy (non-hydrogen) atoms. The number of carbonyl (C=O) groups excluding carboxylic acids is 1. The van der Waals surface area contributed by atoms with Crippen molar-refractivity contribution in [3.05, 3.63) is 99.9 Å². The average molecular weight is 459 g/mol. The molecular formula is C25H21N3O6. The third-order valence-electron chi connectivity index (χ3n) is 5.05. The number of nitrogens with zero attached hydrogens (tertiary/aromatic N) is 3. The highest BCUT2D eigenvalue weighted by Gasteiger charge is 2.21. The fraction of sp³-hybridized carbons (Fsp3) is 0.160. The summed E-state index contributed by atoms with van der Waals surface area (Å²) >= 11 is 0. The van der Waals surface area contributed by atoms with Gasteiger partial charge in [0.05, 0.1) is 17.0 Å². The first kappa shape index (κ1) is 22.8. The number of hydrogen-bond donors (Lipinski definition) is 1. The highest BCUT2D eigenvalue weighted by Crippen LogP contribution is 2.30. The monoisotopic (exact) mass is 459 g/mol. The van der Waals surface area contributed by atoms with Gasteiger partial charge in [-0.1, -0.05) is 12.1 Å². The Bertz CT molecular complexity index is 1350. The van der Waals surface area contributed by atoms with Crippen molar-refractivity contribution in [1.29, 1.82) is 0 Å². The maximum atomic E-state index is 12.3. The lowest BCUT2D eigenvalue weighted by Gasteiger charge is -2.23. The summed E-state index contributed by atoms with van der Waals surface area (Å²) in [6, 6.07) is 15.6. The number of pyridine rings is 2. The highest BCUT2D eigenvalue weighted by molar-refractivity contribution is 5.93. The Balaban J connectivity index is 1.81. The summed E-state index contributed by atoms with van der Waals surface area (Å²) in [6.45, 7) is 2.36. The number of hydrogen-bond acceptors (Lipinski definition) is 8. The first-order valence-corrected chi connectivity index (χ1v) is 10.4. The van der Waals surface area contributed by atoms with E-state index in [0.717, 1.165) is 11.4 Å². The number of fused-ring (bicyclic) bond motifs is 1. The van der Waals surface area contributed by atoms with Crippen LogP contribution < -0.4 is 10.4 Å². The second-order valence-corrected chi connectivity index (χ2v) is 7.59. The van der Waals surface area contributed by atoms with E-state index in [1.54, 1.807) is 24.5 Å². The van der Waals surface area contributed by atoms with E-state index in [0.29, 0.717) is 24.0 Å². The van der Waals surface area contributed by atoms with Crippen molar-refractivity contribution < 1.29 is 23.8 Å². The van der Waals surface area contributed by atoms with Crippen LogP contribution in [-0.4, -0.2) is 31.9 Å². The van der Waals surface area contributed by atoms with E-state index in [9.17, 15) is 19.5 Å². The highest BCUT2D eigenvalue weighted by atomic mass is 16.5. The quantitative estimate of drug-likeness (QED) is 0.240. The molecule has 172 valence electrons. The largest absolute Gasteiger partial charge is 0.477 e. The molecule has 0 aliphatic carbocycles. The summed E-state index contributed by atoms with van der Waals surface area (Å²) in [5.41, 5.74) is 0.749. The molecular weight excluding hydrogens is 438 g/mol. The van der Waals surface area contributed by atoms with Crippen LogP contribution in [0.5, 0.6) is 5.75 Å². The molecule has 0 spiro atoms. The van der Waals surface area contributed by atoms with Crippen molar-refractivity contribution in [3.8, 4) is 5.75 Å². The number of carboxylic acids is 1. The van der Waals surface area contributed by atoms with Gasteiger partial charge < -0.3 is 14.3 Å². The SMILES string of the molecule is CC(=O)Oc1ccc2cc(C(=O)O)c(=O)oc2c1CN(Cc1ccccn1)Cc1ccccn1. The Labute approximate surface area is 194 Å². The van der Waals surface area contributed by atoms with Gasteiger partial charge in [-0.3, -0.25) is 19.7 Å². The van der Waals surface area contributed by atoms with Gasteiger partial charge in [-0.25, -0.2) is 9.59 Å². The molecule has 1 N–H and O–H groups in total. The normalized spacial score (nSPS) is 11.0. The topological polar surface area (TPSA) is 123 Å². The molecule has 4 rings (SSSR count). The van der Waals surface area contributed by atoms with Crippen LogP contribution >= 0.6 is 0 Å². The lowest BCUT2D eigenvalue weighted by Crippen LogP contribution is -2.24. The standard InChI is InChI=1S/C25H21N3O6/c1-16(29)33-22-9-8-17-12-20(24(30)31)25(32)34-23(17)21(22)15-28(13-18-6-2-4-10-26-18)14-19-7-3-5-11-27-19/h2-12H,13-15H2,1H3,(H,30,31). The van der Waals surface area contributed by atoms with Crippen LogP contribution in [0.25, 0.3) is 11.0 Å². The molecule has 0 fully saturated rings. The number of aromatic nitrogens is 2. The van der Waals surface area contributed by atoms with E-state index in [2.05, 4.69) is 9.97 Å². The number of benzene rings is 1. The summed E-state index contributed by atoms with van der Waals surface area (Å²) in [7, 11) is 0. The molecule has 0 radical (unpaired) electrons. The van der Waals surface area contributed by atoms with Crippen molar-refractivity contribution in [2.75, 3.05) is 0 Å². The molecule has 9 nitrogen and oxygen atoms in total. The zero-order chi connectivity index (χ0) is 24.1. The third kappa shape index (κ3) is 5.33. The summed E-state index contributed by atoms with van der Waals surface area (Å²) in [4.78, 5) is 46.3. The Hall–Kier alpha value is -4.37. The number of ether oxygens (including phenoxy) is 1. The van der Waals surface area contributed by atoms with Gasteiger partial charge in [0.1, 0.15) is 16.9 Å². The zero-order valence-electron chi connectivity index (χ0n) is 18.3. The molecule has 0 atom stereocenters. The van der Waals surface area contributed by atoms with Crippen LogP contribution in [0.3, 0.4) is 0 Å². The fourth-order valence-corrected chi connectivity index (χ4v) is 3.61. The number of rotatable bonds is 8. The van der Waals surface area contributed by atoms with Crippen LogP contribution in [0.1, 0.15) is 34.2 Å². The predicted molar refractivity (Wildman–Crippen MR) is 122 cm³/mol. The van der Waals surface area contributed by atoms with Crippen LogP contribution in [0.15, 0.2) is 76.2 Å². The van der Waals surface area contributed by atoms with Gasteiger partial charge in [-0.15, -0.1) is 0 Å². The van der Waals surface area contributed by atoms with Crippen LogP contribution in [0, 0.1) is 0 Å². The minimum Gasteiger partial charge on any atom is -0.477 e. The van der Waals surface area contributed by atoms with Gasteiger partial charge in [0.2, 0.25) is 0 Å². The van der Waals surface area contributed by atoms with E-state index in [1.807, 2.05) is 41.3 Å². The number of esters is 1. The van der Waals surface area contributed by atoms with Crippen molar-refractivity contribution in [1.82, 2.24) is 14.9 Å². The Morgan fingerprint density at radius 1 is 0.971 bits per heavy atom. The molecule has 0 aliphatic rings. The molecule has 0 bridgehead atoms. The number of carbonyl (C=O) groups is 2. The summed E-state index contributed by atoms with van der Waals surface area (Å²) in [5, 5.41) is 9.69. The average Bonchev–Trinajstić information content (AvgIpc) is 2.81.